The van der Waals surface area contributed by atoms with Crippen LogP contribution in [0.15, 0.2) is 72.8 Å². The summed E-state index contributed by atoms with van der Waals surface area (Å²) in [7, 11) is 3.35. The fraction of sp³-hybridized carbons (Fsp3) is 0.217. The van der Waals surface area contributed by atoms with E-state index in [0.29, 0.717) is 0 Å². The fourth-order valence-corrected chi connectivity index (χ4v) is 3.16. The number of benzene rings is 3. The number of hydrogen-bond acceptors (Lipinski definition) is 4. The molecule has 0 heterocycles. The molecule has 0 spiro atoms. The first kappa shape index (κ1) is 18.8. The van der Waals surface area contributed by atoms with Crippen LogP contribution in [-0.2, 0) is 0 Å². The molecule has 0 amide bonds. The van der Waals surface area contributed by atoms with Gasteiger partial charge in [0.25, 0.3) is 0 Å². The molecule has 140 valence electrons. The van der Waals surface area contributed by atoms with Gasteiger partial charge in [-0.3, -0.25) is 5.32 Å². The molecule has 0 aliphatic heterocycles. The molecule has 27 heavy (non-hydrogen) atoms. The lowest BCUT2D eigenvalue weighted by Crippen LogP contribution is -2.25. The molecule has 3 N–H and O–H groups in total. The minimum Gasteiger partial charge on any atom is -0.497 e. The van der Waals surface area contributed by atoms with Crippen molar-refractivity contribution in [2.45, 2.75) is 19.0 Å². The number of anilines is 1. The van der Waals surface area contributed by atoms with E-state index in [4.69, 9.17) is 15.2 Å². The zero-order chi connectivity index (χ0) is 19.2. The molecule has 0 radical (unpaired) electrons. The van der Waals surface area contributed by atoms with Gasteiger partial charge < -0.3 is 15.2 Å². The van der Waals surface area contributed by atoms with Gasteiger partial charge >= 0.3 is 0 Å². The van der Waals surface area contributed by atoms with Crippen molar-refractivity contribution in [1.82, 2.24) is 5.32 Å². The Morgan fingerprint density at radius 2 is 1.30 bits per heavy atom. The van der Waals surface area contributed by atoms with E-state index in [1.54, 1.807) is 14.2 Å². The minimum atomic E-state index is 0.0107. The lowest BCUT2D eigenvalue weighted by Gasteiger charge is -2.25. The quantitative estimate of drug-likeness (QED) is 0.597. The van der Waals surface area contributed by atoms with Crippen molar-refractivity contribution in [3.63, 3.8) is 0 Å². The summed E-state index contributed by atoms with van der Waals surface area (Å²) in [5.41, 5.74) is 10.3. The molecule has 0 saturated carbocycles. The van der Waals surface area contributed by atoms with E-state index in [1.165, 1.54) is 5.56 Å². The van der Waals surface area contributed by atoms with Crippen LogP contribution in [0.4, 0.5) is 5.69 Å². The van der Waals surface area contributed by atoms with Crippen molar-refractivity contribution in [1.29, 1.82) is 0 Å². The van der Waals surface area contributed by atoms with Crippen molar-refractivity contribution in [3.8, 4) is 11.5 Å². The van der Waals surface area contributed by atoms with Gasteiger partial charge in [0.15, 0.2) is 0 Å². The van der Waals surface area contributed by atoms with Gasteiger partial charge in [0.05, 0.1) is 20.3 Å². The topological polar surface area (TPSA) is 56.5 Å². The van der Waals surface area contributed by atoms with Gasteiger partial charge in [-0.15, -0.1) is 0 Å². The monoisotopic (exact) mass is 362 g/mol. The molecule has 3 aromatic rings. The van der Waals surface area contributed by atoms with Gasteiger partial charge in [-0.25, -0.2) is 0 Å². The van der Waals surface area contributed by atoms with Gasteiger partial charge in [-0.2, -0.15) is 0 Å². The highest BCUT2D eigenvalue weighted by Gasteiger charge is 2.18. The maximum atomic E-state index is 6.03. The molecule has 0 saturated heterocycles. The van der Waals surface area contributed by atoms with Crippen LogP contribution in [0, 0.1) is 0 Å². The van der Waals surface area contributed by atoms with Crippen LogP contribution in [0.3, 0.4) is 0 Å². The summed E-state index contributed by atoms with van der Waals surface area (Å²) in [5, 5.41) is 3.73. The van der Waals surface area contributed by atoms with E-state index in [2.05, 4.69) is 42.6 Å². The molecule has 0 aliphatic carbocycles. The van der Waals surface area contributed by atoms with Crippen LogP contribution in [0.5, 0.6) is 11.5 Å². The van der Waals surface area contributed by atoms with E-state index in [1.807, 2.05) is 42.5 Å². The third kappa shape index (κ3) is 4.60. The third-order valence-electron chi connectivity index (χ3n) is 4.73. The Bertz CT molecular complexity index is 860. The first-order valence-electron chi connectivity index (χ1n) is 9.00. The Hall–Kier alpha value is -2.98. The van der Waals surface area contributed by atoms with Crippen LogP contribution in [-0.4, -0.2) is 14.2 Å². The molecule has 0 aromatic heterocycles. The Morgan fingerprint density at radius 1 is 0.741 bits per heavy atom. The number of nitrogens with two attached hydrogens (primary N) is 1. The number of rotatable bonds is 7. The lowest BCUT2D eigenvalue weighted by molar-refractivity contribution is 0.414. The molecule has 0 bridgehead atoms. The van der Waals surface area contributed by atoms with E-state index >= 15 is 0 Å². The lowest BCUT2D eigenvalue weighted by atomic mass is 9.96. The van der Waals surface area contributed by atoms with E-state index < -0.39 is 0 Å². The van der Waals surface area contributed by atoms with Gasteiger partial charge in [0.1, 0.15) is 11.5 Å². The van der Waals surface area contributed by atoms with E-state index in [0.717, 1.165) is 28.3 Å². The summed E-state index contributed by atoms with van der Waals surface area (Å²) in [6.45, 7) is 2.16. The van der Waals surface area contributed by atoms with Gasteiger partial charge in [0.2, 0.25) is 0 Å². The fourth-order valence-electron chi connectivity index (χ4n) is 3.16. The average Bonchev–Trinajstić information content (AvgIpc) is 2.72. The smallest absolute Gasteiger partial charge is 0.118 e. The summed E-state index contributed by atoms with van der Waals surface area (Å²) in [5.74, 6) is 1.70. The SMILES string of the molecule is COc1ccc(C(N[C@H](C)c2ccc(OC)cc2)c2cccc(N)c2)cc1. The number of methoxy groups -OCH3 is 2. The molecule has 3 aromatic carbocycles. The second-order valence-electron chi connectivity index (χ2n) is 6.54. The summed E-state index contributed by atoms with van der Waals surface area (Å²) < 4.78 is 10.6. The largest absolute Gasteiger partial charge is 0.497 e. The van der Waals surface area contributed by atoms with Gasteiger partial charge in [0, 0.05) is 11.7 Å². The molecule has 1 unspecified atom stereocenters. The minimum absolute atomic E-state index is 0.0107. The van der Waals surface area contributed by atoms with E-state index in [9.17, 15) is 0 Å². The second kappa shape index (κ2) is 8.60. The third-order valence-corrected chi connectivity index (χ3v) is 4.73. The van der Waals surface area contributed by atoms with Crippen LogP contribution in [0.25, 0.3) is 0 Å². The summed E-state index contributed by atoms with van der Waals surface area (Å²) >= 11 is 0. The first-order chi connectivity index (χ1) is 13.1. The number of nitrogens with one attached hydrogen (secondary N) is 1. The van der Waals surface area contributed by atoms with Crippen molar-refractivity contribution < 1.29 is 9.47 Å². The number of nitrogen functional groups attached to an aromatic ring is 1. The Kier molecular flexibility index (Phi) is 5.99. The van der Waals surface area contributed by atoms with E-state index in [-0.39, 0.29) is 12.1 Å². The Balaban J connectivity index is 1.90. The molecule has 4 nitrogen and oxygen atoms in total. The maximum absolute atomic E-state index is 6.03. The molecule has 2 atom stereocenters. The predicted molar refractivity (Wildman–Crippen MR) is 110 cm³/mol. The second-order valence-corrected chi connectivity index (χ2v) is 6.54. The molecule has 0 fully saturated rings. The number of hydrogen-bond donors (Lipinski definition) is 2. The molecule has 0 aliphatic rings. The highest BCUT2D eigenvalue weighted by Crippen LogP contribution is 2.29. The van der Waals surface area contributed by atoms with Crippen LogP contribution >= 0.6 is 0 Å². The highest BCUT2D eigenvalue weighted by atomic mass is 16.5. The summed E-state index contributed by atoms with van der Waals surface area (Å²) in [6.07, 6.45) is 0. The summed E-state index contributed by atoms with van der Waals surface area (Å²) in [6, 6.07) is 24.4. The van der Waals surface area contributed by atoms with Crippen molar-refractivity contribution >= 4 is 5.69 Å². The maximum Gasteiger partial charge on any atom is 0.118 e. The molecular formula is C23H26N2O2. The average molecular weight is 362 g/mol. The van der Waals surface area contributed by atoms with Crippen LogP contribution in [0.1, 0.15) is 35.7 Å². The first-order valence-corrected chi connectivity index (χ1v) is 9.00. The normalized spacial score (nSPS) is 13.0. The predicted octanol–water partition coefficient (Wildman–Crippen LogP) is 4.73. The van der Waals surface area contributed by atoms with Crippen LogP contribution < -0.4 is 20.5 Å². The molecule has 4 heteroatoms. The van der Waals surface area contributed by atoms with Crippen LogP contribution in [0.2, 0.25) is 0 Å². The molecule has 3 rings (SSSR count). The van der Waals surface area contributed by atoms with Gasteiger partial charge in [-0.1, -0.05) is 36.4 Å². The standard InChI is InChI=1S/C23H26N2O2/c1-16(17-7-11-21(26-2)12-8-17)25-23(19-5-4-6-20(24)15-19)18-9-13-22(27-3)14-10-18/h4-16,23,25H,24H2,1-3H3/t16-,23?/m1/s1. The Labute approximate surface area is 160 Å². The molecular weight excluding hydrogens is 336 g/mol. The number of ether oxygens (including phenoxy) is 2. The Morgan fingerprint density at radius 3 is 1.81 bits per heavy atom. The van der Waals surface area contributed by atoms with Crippen molar-refractivity contribution in [3.05, 3.63) is 89.5 Å². The summed E-state index contributed by atoms with van der Waals surface area (Å²) in [4.78, 5) is 0. The van der Waals surface area contributed by atoms with Gasteiger partial charge in [-0.05, 0) is 60.0 Å². The van der Waals surface area contributed by atoms with Crippen molar-refractivity contribution in [2.24, 2.45) is 0 Å². The zero-order valence-electron chi connectivity index (χ0n) is 16.0. The van der Waals surface area contributed by atoms with Crippen molar-refractivity contribution in [2.75, 3.05) is 20.0 Å². The zero-order valence-corrected chi connectivity index (χ0v) is 16.0. The highest BCUT2D eigenvalue weighted by molar-refractivity contribution is 5.45.